The fourth-order valence-electron chi connectivity index (χ4n) is 2.02. The Bertz CT molecular complexity index is 707. The summed E-state index contributed by atoms with van der Waals surface area (Å²) in [5.74, 6) is 1.25. The third-order valence-electron chi connectivity index (χ3n) is 3.37. The molecule has 4 heteroatoms. The van der Waals surface area contributed by atoms with Crippen LogP contribution in [0.4, 0.5) is 5.69 Å². The Balaban J connectivity index is 1.91. The summed E-state index contributed by atoms with van der Waals surface area (Å²) < 4.78 is 11.3. The van der Waals surface area contributed by atoms with Gasteiger partial charge in [-0.1, -0.05) is 24.8 Å². The molecule has 1 amide bonds. The largest absolute Gasteiger partial charge is 0.489 e. The van der Waals surface area contributed by atoms with Crippen LogP contribution in [0.15, 0.2) is 60.7 Å². The van der Waals surface area contributed by atoms with Gasteiger partial charge in [0.05, 0.1) is 0 Å². The number of hydrogen-bond donors (Lipinski definition) is 1. The zero-order chi connectivity index (χ0) is 17.5. The number of nitrogens with one attached hydrogen (secondary N) is 1. The van der Waals surface area contributed by atoms with Crippen LogP contribution in [0.1, 0.15) is 19.4 Å². The van der Waals surface area contributed by atoms with Gasteiger partial charge in [0.25, 0.3) is 5.91 Å². The van der Waals surface area contributed by atoms with Gasteiger partial charge in [-0.05, 0) is 62.2 Å². The molecule has 0 heterocycles. The highest BCUT2D eigenvalue weighted by molar-refractivity contribution is 5.94. The Morgan fingerprint density at radius 1 is 1.17 bits per heavy atom. The second-order valence-corrected chi connectivity index (χ2v) is 5.78. The Labute approximate surface area is 143 Å². The van der Waals surface area contributed by atoms with Gasteiger partial charge in [0, 0.05) is 5.69 Å². The summed E-state index contributed by atoms with van der Waals surface area (Å²) in [6.45, 7) is 9.85. The highest BCUT2D eigenvalue weighted by Crippen LogP contribution is 2.19. The predicted octanol–water partition coefficient (Wildman–Crippen LogP) is 4.36. The van der Waals surface area contributed by atoms with Crippen molar-refractivity contribution in [2.24, 2.45) is 0 Å². The van der Waals surface area contributed by atoms with E-state index >= 15 is 0 Å². The van der Waals surface area contributed by atoms with E-state index in [1.54, 1.807) is 19.1 Å². The van der Waals surface area contributed by atoms with Crippen molar-refractivity contribution in [2.45, 2.75) is 26.9 Å². The van der Waals surface area contributed by atoms with Crippen LogP contribution in [0.5, 0.6) is 11.5 Å². The highest BCUT2D eigenvalue weighted by atomic mass is 16.5. The quantitative estimate of drug-likeness (QED) is 0.770. The minimum absolute atomic E-state index is 0.200. The van der Waals surface area contributed by atoms with Gasteiger partial charge in [0.15, 0.2) is 6.10 Å². The van der Waals surface area contributed by atoms with E-state index < -0.39 is 6.10 Å². The van der Waals surface area contributed by atoms with Gasteiger partial charge in [0.2, 0.25) is 0 Å². The summed E-state index contributed by atoms with van der Waals surface area (Å²) in [6.07, 6.45) is -0.592. The van der Waals surface area contributed by atoms with E-state index in [9.17, 15) is 4.79 Å². The third-order valence-corrected chi connectivity index (χ3v) is 3.37. The normalized spacial score (nSPS) is 11.5. The molecule has 0 saturated heterocycles. The van der Waals surface area contributed by atoms with Gasteiger partial charge < -0.3 is 14.8 Å². The zero-order valence-corrected chi connectivity index (χ0v) is 14.3. The first kappa shape index (κ1) is 17.6. The van der Waals surface area contributed by atoms with Crippen LogP contribution in [0.2, 0.25) is 0 Å². The molecule has 0 aliphatic heterocycles. The van der Waals surface area contributed by atoms with Crippen LogP contribution in [0.25, 0.3) is 0 Å². The van der Waals surface area contributed by atoms with Crippen molar-refractivity contribution < 1.29 is 14.3 Å². The number of carbonyl (C=O) groups is 1. The van der Waals surface area contributed by atoms with Gasteiger partial charge in [-0.3, -0.25) is 4.79 Å². The summed E-state index contributed by atoms with van der Waals surface area (Å²) in [5.41, 5.74) is 2.65. The maximum absolute atomic E-state index is 12.2. The average molecular weight is 325 g/mol. The monoisotopic (exact) mass is 325 g/mol. The molecular formula is C20H23NO3. The number of benzene rings is 2. The first-order chi connectivity index (χ1) is 11.5. The molecule has 1 unspecified atom stereocenters. The number of hydrogen-bond acceptors (Lipinski definition) is 3. The molecule has 24 heavy (non-hydrogen) atoms. The van der Waals surface area contributed by atoms with Crippen molar-refractivity contribution in [3.05, 3.63) is 66.2 Å². The minimum atomic E-state index is -0.592. The van der Waals surface area contributed by atoms with E-state index in [-0.39, 0.29) is 5.91 Å². The SMILES string of the molecule is C=C(C)COc1ccc(NC(=O)C(C)Oc2ccccc2C)cc1. The molecule has 0 spiro atoms. The summed E-state index contributed by atoms with van der Waals surface area (Å²) in [6, 6.07) is 14.8. The molecule has 0 aliphatic rings. The van der Waals surface area contributed by atoms with Crippen molar-refractivity contribution >= 4 is 11.6 Å². The first-order valence-electron chi connectivity index (χ1n) is 7.86. The van der Waals surface area contributed by atoms with Crippen molar-refractivity contribution in [2.75, 3.05) is 11.9 Å². The van der Waals surface area contributed by atoms with Crippen LogP contribution < -0.4 is 14.8 Å². The third kappa shape index (κ3) is 5.16. The van der Waals surface area contributed by atoms with Crippen LogP contribution in [0, 0.1) is 6.92 Å². The molecule has 2 rings (SSSR count). The van der Waals surface area contributed by atoms with Gasteiger partial charge in [-0.15, -0.1) is 0 Å². The molecule has 0 saturated carbocycles. The first-order valence-corrected chi connectivity index (χ1v) is 7.86. The second-order valence-electron chi connectivity index (χ2n) is 5.78. The Hall–Kier alpha value is -2.75. The molecule has 2 aromatic carbocycles. The number of aryl methyl sites for hydroxylation is 1. The molecule has 1 atom stereocenters. The molecular weight excluding hydrogens is 302 g/mol. The number of amides is 1. The lowest BCUT2D eigenvalue weighted by atomic mass is 10.2. The molecule has 0 aromatic heterocycles. The lowest BCUT2D eigenvalue weighted by molar-refractivity contribution is -0.122. The Morgan fingerprint density at radius 2 is 1.83 bits per heavy atom. The molecule has 0 aliphatic carbocycles. The number of ether oxygens (including phenoxy) is 2. The highest BCUT2D eigenvalue weighted by Gasteiger charge is 2.15. The lowest BCUT2D eigenvalue weighted by Gasteiger charge is -2.16. The van der Waals surface area contributed by atoms with Gasteiger partial charge in [0.1, 0.15) is 18.1 Å². The van der Waals surface area contributed by atoms with Gasteiger partial charge in [-0.2, -0.15) is 0 Å². The molecule has 126 valence electrons. The predicted molar refractivity (Wildman–Crippen MR) is 96.6 cm³/mol. The summed E-state index contributed by atoms with van der Waals surface area (Å²) in [7, 11) is 0. The maximum atomic E-state index is 12.2. The number of para-hydroxylation sites is 1. The number of carbonyl (C=O) groups excluding carboxylic acids is 1. The number of rotatable bonds is 7. The average Bonchev–Trinajstić information content (AvgIpc) is 2.56. The zero-order valence-electron chi connectivity index (χ0n) is 14.3. The fourth-order valence-corrected chi connectivity index (χ4v) is 2.02. The van der Waals surface area contributed by atoms with Crippen LogP contribution >= 0.6 is 0 Å². The Kier molecular flexibility index (Phi) is 6.01. The lowest BCUT2D eigenvalue weighted by Crippen LogP contribution is -2.30. The second kappa shape index (κ2) is 8.20. The summed E-state index contributed by atoms with van der Waals surface area (Å²) >= 11 is 0. The summed E-state index contributed by atoms with van der Waals surface area (Å²) in [5, 5.41) is 2.84. The molecule has 0 fully saturated rings. The van der Waals surface area contributed by atoms with Crippen LogP contribution in [-0.2, 0) is 4.79 Å². The molecule has 1 N–H and O–H groups in total. The van der Waals surface area contributed by atoms with Crippen molar-refractivity contribution in [1.82, 2.24) is 0 Å². The van der Waals surface area contributed by atoms with Crippen molar-refractivity contribution in [1.29, 1.82) is 0 Å². The van der Waals surface area contributed by atoms with Crippen LogP contribution in [0.3, 0.4) is 0 Å². The fraction of sp³-hybridized carbons (Fsp3) is 0.250. The van der Waals surface area contributed by atoms with E-state index in [4.69, 9.17) is 9.47 Å². The van der Waals surface area contributed by atoms with E-state index in [2.05, 4.69) is 11.9 Å². The molecule has 4 nitrogen and oxygen atoms in total. The smallest absolute Gasteiger partial charge is 0.265 e. The van der Waals surface area contributed by atoms with Gasteiger partial charge >= 0.3 is 0 Å². The van der Waals surface area contributed by atoms with Gasteiger partial charge in [-0.25, -0.2) is 0 Å². The Morgan fingerprint density at radius 3 is 2.46 bits per heavy atom. The maximum Gasteiger partial charge on any atom is 0.265 e. The topological polar surface area (TPSA) is 47.6 Å². The van der Waals surface area contributed by atoms with Crippen LogP contribution in [-0.4, -0.2) is 18.6 Å². The van der Waals surface area contributed by atoms with E-state index in [0.717, 1.165) is 16.9 Å². The molecule has 2 aromatic rings. The number of anilines is 1. The van der Waals surface area contributed by atoms with E-state index in [1.165, 1.54) is 0 Å². The van der Waals surface area contributed by atoms with E-state index in [0.29, 0.717) is 18.0 Å². The van der Waals surface area contributed by atoms with Crippen molar-refractivity contribution in [3.8, 4) is 11.5 Å². The van der Waals surface area contributed by atoms with Crippen molar-refractivity contribution in [3.63, 3.8) is 0 Å². The minimum Gasteiger partial charge on any atom is -0.489 e. The molecule has 0 bridgehead atoms. The summed E-state index contributed by atoms with van der Waals surface area (Å²) in [4.78, 5) is 12.2. The molecule has 0 radical (unpaired) electrons. The standard InChI is InChI=1S/C20H23NO3/c1-14(2)13-23-18-11-9-17(10-12-18)21-20(22)16(4)24-19-8-6-5-7-15(19)3/h5-12,16H,1,13H2,2-4H3,(H,21,22). The van der Waals surface area contributed by atoms with E-state index in [1.807, 2.05) is 50.2 Å².